The number of amides is 2. The fourth-order valence-corrected chi connectivity index (χ4v) is 3.22. The van der Waals surface area contributed by atoms with E-state index >= 15 is 0 Å². The van der Waals surface area contributed by atoms with Gasteiger partial charge in [-0.15, -0.1) is 0 Å². The minimum absolute atomic E-state index is 0.0527. The summed E-state index contributed by atoms with van der Waals surface area (Å²) in [6.45, 7) is 3.20. The third-order valence-corrected chi connectivity index (χ3v) is 4.39. The molecular formula is C14H25N3O3. The molecule has 1 saturated carbocycles. The first-order valence-electron chi connectivity index (χ1n) is 7.49. The Labute approximate surface area is 119 Å². The van der Waals surface area contributed by atoms with Gasteiger partial charge in [0.15, 0.2) is 0 Å². The second-order valence-electron chi connectivity index (χ2n) is 6.02. The number of hydrogen-bond donors (Lipinski definition) is 4. The molecule has 0 aromatic heterocycles. The first kappa shape index (κ1) is 15.3. The minimum atomic E-state index is -0.749. The monoisotopic (exact) mass is 283 g/mol. The molecule has 20 heavy (non-hydrogen) atoms. The normalized spacial score (nSPS) is 28.9. The van der Waals surface area contributed by atoms with Gasteiger partial charge >= 0.3 is 0 Å². The highest BCUT2D eigenvalue weighted by Gasteiger charge is 2.40. The number of nitrogens with one attached hydrogen (secondary N) is 3. The highest BCUT2D eigenvalue weighted by atomic mass is 16.3. The van der Waals surface area contributed by atoms with Crippen LogP contribution in [0.5, 0.6) is 0 Å². The zero-order valence-corrected chi connectivity index (χ0v) is 12.1. The Hall–Kier alpha value is -1.14. The summed E-state index contributed by atoms with van der Waals surface area (Å²) in [5.41, 5.74) is -0.749. The maximum absolute atomic E-state index is 12.5. The maximum Gasteiger partial charge on any atom is 0.245 e. The van der Waals surface area contributed by atoms with Crippen molar-refractivity contribution in [3.8, 4) is 0 Å². The molecule has 1 heterocycles. The van der Waals surface area contributed by atoms with Gasteiger partial charge in [0.2, 0.25) is 11.8 Å². The van der Waals surface area contributed by atoms with Gasteiger partial charge in [0.1, 0.15) is 5.54 Å². The van der Waals surface area contributed by atoms with Crippen LogP contribution >= 0.6 is 0 Å². The molecule has 6 heteroatoms. The van der Waals surface area contributed by atoms with Crippen molar-refractivity contribution in [2.24, 2.45) is 5.92 Å². The van der Waals surface area contributed by atoms with E-state index in [-0.39, 0.29) is 17.7 Å². The molecule has 1 saturated heterocycles. The fourth-order valence-electron chi connectivity index (χ4n) is 3.22. The lowest BCUT2D eigenvalue weighted by Gasteiger charge is -2.36. The van der Waals surface area contributed by atoms with Gasteiger partial charge in [-0.2, -0.15) is 0 Å². The predicted octanol–water partition coefficient (Wildman–Crippen LogP) is -0.478. The molecule has 2 atom stereocenters. The van der Waals surface area contributed by atoms with Crippen molar-refractivity contribution in [1.82, 2.24) is 16.0 Å². The lowest BCUT2D eigenvalue weighted by atomic mass is 9.80. The topological polar surface area (TPSA) is 90.5 Å². The van der Waals surface area contributed by atoms with Crippen molar-refractivity contribution in [3.63, 3.8) is 0 Å². The van der Waals surface area contributed by atoms with Gasteiger partial charge in [-0.05, 0) is 12.8 Å². The van der Waals surface area contributed by atoms with Crippen LogP contribution in [-0.2, 0) is 9.59 Å². The number of carbonyl (C=O) groups is 2. The molecule has 6 nitrogen and oxygen atoms in total. The van der Waals surface area contributed by atoms with Crippen LogP contribution in [0.15, 0.2) is 0 Å². The van der Waals surface area contributed by atoms with Crippen LogP contribution in [0.2, 0.25) is 0 Å². The highest BCUT2D eigenvalue weighted by Crippen LogP contribution is 2.28. The van der Waals surface area contributed by atoms with Crippen molar-refractivity contribution in [3.05, 3.63) is 0 Å². The van der Waals surface area contributed by atoms with Gasteiger partial charge in [-0.1, -0.05) is 19.3 Å². The standard InChI is InChI=1S/C14H25N3O3/c1-10(18)17-14(5-3-2-4-6-14)13(20)16-8-11-7-15-9-12(11)19/h11-12,15,19H,2-9H2,1H3,(H,16,20)(H,17,18). The van der Waals surface area contributed by atoms with E-state index in [4.69, 9.17) is 0 Å². The summed E-state index contributed by atoms with van der Waals surface area (Å²) in [5, 5.41) is 18.6. The Bertz CT molecular complexity index is 367. The van der Waals surface area contributed by atoms with E-state index in [1.807, 2.05) is 0 Å². The summed E-state index contributed by atoms with van der Waals surface area (Å²) in [6.07, 6.45) is 4.02. The molecule has 2 aliphatic rings. The van der Waals surface area contributed by atoms with Gasteiger partial charge < -0.3 is 21.1 Å². The third-order valence-electron chi connectivity index (χ3n) is 4.39. The smallest absolute Gasteiger partial charge is 0.245 e. The van der Waals surface area contributed by atoms with Crippen LogP contribution in [0.4, 0.5) is 0 Å². The van der Waals surface area contributed by atoms with Crippen molar-refractivity contribution in [1.29, 1.82) is 0 Å². The fraction of sp³-hybridized carbons (Fsp3) is 0.857. The van der Waals surface area contributed by atoms with E-state index in [1.54, 1.807) is 0 Å². The molecule has 1 aliphatic carbocycles. The van der Waals surface area contributed by atoms with Crippen LogP contribution in [-0.4, -0.2) is 48.2 Å². The van der Waals surface area contributed by atoms with E-state index in [1.165, 1.54) is 6.92 Å². The molecule has 4 N–H and O–H groups in total. The number of hydrogen-bond acceptors (Lipinski definition) is 4. The molecule has 0 bridgehead atoms. The molecule has 0 aromatic carbocycles. The zero-order valence-electron chi connectivity index (χ0n) is 12.1. The van der Waals surface area contributed by atoms with Crippen molar-refractivity contribution >= 4 is 11.8 Å². The highest BCUT2D eigenvalue weighted by molar-refractivity contribution is 5.91. The largest absolute Gasteiger partial charge is 0.391 e. The molecule has 2 amide bonds. The van der Waals surface area contributed by atoms with Gasteiger partial charge in [-0.3, -0.25) is 9.59 Å². The van der Waals surface area contributed by atoms with Crippen molar-refractivity contribution < 1.29 is 14.7 Å². The summed E-state index contributed by atoms with van der Waals surface area (Å²) >= 11 is 0. The average Bonchev–Trinajstić information content (AvgIpc) is 2.81. The van der Waals surface area contributed by atoms with Crippen LogP contribution in [0.1, 0.15) is 39.0 Å². The number of β-amino-alcohol motifs (C(OH)–C–C–N with tert-alkyl or cyclic N) is 1. The summed E-state index contributed by atoms with van der Waals surface area (Å²) in [7, 11) is 0. The predicted molar refractivity (Wildman–Crippen MR) is 75.0 cm³/mol. The molecule has 1 aliphatic heterocycles. The Morgan fingerprint density at radius 2 is 1.95 bits per heavy atom. The second kappa shape index (κ2) is 6.54. The molecule has 2 fully saturated rings. The van der Waals surface area contributed by atoms with Crippen molar-refractivity contribution in [2.75, 3.05) is 19.6 Å². The first-order valence-corrected chi connectivity index (χ1v) is 7.49. The zero-order chi connectivity index (χ0) is 14.6. The van der Waals surface area contributed by atoms with Crippen molar-refractivity contribution in [2.45, 2.75) is 50.7 Å². The van der Waals surface area contributed by atoms with Crippen LogP contribution in [0, 0.1) is 5.92 Å². The quantitative estimate of drug-likeness (QED) is 0.561. The van der Waals surface area contributed by atoms with Gasteiger partial charge in [0, 0.05) is 32.5 Å². The Morgan fingerprint density at radius 1 is 1.25 bits per heavy atom. The van der Waals surface area contributed by atoms with Gasteiger partial charge in [0.25, 0.3) is 0 Å². The van der Waals surface area contributed by atoms with E-state index < -0.39 is 11.6 Å². The van der Waals surface area contributed by atoms with Crippen LogP contribution < -0.4 is 16.0 Å². The number of carbonyl (C=O) groups excluding carboxylic acids is 2. The SMILES string of the molecule is CC(=O)NC1(C(=O)NCC2CNCC2O)CCCCC1. The lowest BCUT2D eigenvalue weighted by molar-refractivity contribution is -0.134. The lowest BCUT2D eigenvalue weighted by Crippen LogP contribution is -2.60. The summed E-state index contributed by atoms with van der Waals surface area (Å²) in [5.74, 6) is -0.215. The average molecular weight is 283 g/mol. The summed E-state index contributed by atoms with van der Waals surface area (Å²) < 4.78 is 0. The maximum atomic E-state index is 12.5. The third kappa shape index (κ3) is 3.49. The van der Waals surface area contributed by atoms with E-state index in [0.717, 1.165) is 19.3 Å². The molecule has 0 radical (unpaired) electrons. The van der Waals surface area contributed by atoms with Gasteiger partial charge in [-0.25, -0.2) is 0 Å². The van der Waals surface area contributed by atoms with E-state index in [9.17, 15) is 14.7 Å². The Balaban J connectivity index is 1.93. The second-order valence-corrected chi connectivity index (χ2v) is 6.02. The Kier molecular flexibility index (Phi) is 4.99. The number of aliphatic hydroxyl groups excluding tert-OH is 1. The molecule has 114 valence electrons. The molecule has 0 aromatic rings. The summed E-state index contributed by atoms with van der Waals surface area (Å²) in [4.78, 5) is 23.9. The Morgan fingerprint density at radius 3 is 2.50 bits per heavy atom. The van der Waals surface area contributed by atoms with Gasteiger partial charge in [0.05, 0.1) is 6.10 Å². The molecular weight excluding hydrogens is 258 g/mol. The van der Waals surface area contributed by atoms with Crippen LogP contribution in [0.25, 0.3) is 0 Å². The molecule has 0 spiro atoms. The number of rotatable bonds is 4. The first-order chi connectivity index (χ1) is 9.53. The molecule has 2 unspecified atom stereocenters. The van der Waals surface area contributed by atoms with E-state index in [2.05, 4.69) is 16.0 Å². The van der Waals surface area contributed by atoms with E-state index in [0.29, 0.717) is 32.5 Å². The summed E-state index contributed by atoms with van der Waals surface area (Å²) in [6, 6.07) is 0. The minimum Gasteiger partial charge on any atom is -0.391 e. The number of aliphatic hydroxyl groups is 1. The molecule has 2 rings (SSSR count). The van der Waals surface area contributed by atoms with Crippen LogP contribution in [0.3, 0.4) is 0 Å².